The summed E-state index contributed by atoms with van der Waals surface area (Å²) in [7, 11) is 3.39. The predicted octanol–water partition coefficient (Wildman–Crippen LogP) is 2.11. The molecule has 140 valence electrons. The van der Waals surface area contributed by atoms with Crippen LogP contribution in [0.4, 0.5) is 8.78 Å². The number of likely N-dealkylation sites (N-methyl/N-ethyl adjacent to an activating group) is 1. The Morgan fingerprint density at radius 3 is 2.38 bits per heavy atom. The Morgan fingerprint density at radius 2 is 1.88 bits per heavy atom. The highest BCUT2D eigenvalue weighted by Gasteiger charge is 2.29. The molecule has 0 saturated carbocycles. The van der Waals surface area contributed by atoms with Crippen LogP contribution in [0.1, 0.15) is 30.0 Å². The summed E-state index contributed by atoms with van der Waals surface area (Å²) in [6, 6.07) is 2.24. The van der Waals surface area contributed by atoms with Gasteiger partial charge in [0.25, 0.3) is 5.91 Å². The molecule has 1 heterocycles. The van der Waals surface area contributed by atoms with Crippen molar-refractivity contribution in [2.24, 2.45) is 13.0 Å². The Morgan fingerprint density at radius 1 is 1.27 bits per heavy atom. The van der Waals surface area contributed by atoms with E-state index in [1.807, 2.05) is 7.05 Å². The maximum Gasteiger partial charge on any atom is 0.257 e. The highest BCUT2D eigenvalue weighted by molar-refractivity contribution is 5.98. The molecule has 0 aliphatic rings. The number of halogens is 2. The maximum absolute atomic E-state index is 13.8. The van der Waals surface area contributed by atoms with Crippen LogP contribution in [-0.2, 0) is 18.4 Å². The summed E-state index contributed by atoms with van der Waals surface area (Å²) in [6.07, 6.45) is 3.38. The number of nitrogens with one attached hydrogen (secondary N) is 1. The standard InChI is InChI=1S/C18H22F2N4O2/c1-11(2)16(18(26)24(4)10-14-21-8-9-23(14)3)22-17(25)15-12(19)6-5-7-13(15)20/h5-9,11,16H,10H2,1-4H3,(H,22,25). The average Bonchev–Trinajstić information content (AvgIpc) is 2.96. The highest BCUT2D eigenvalue weighted by atomic mass is 19.1. The van der Waals surface area contributed by atoms with Crippen LogP contribution >= 0.6 is 0 Å². The summed E-state index contributed by atoms with van der Waals surface area (Å²) in [5.74, 6) is -2.87. The molecule has 0 bridgehead atoms. The summed E-state index contributed by atoms with van der Waals surface area (Å²) in [5, 5.41) is 2.45. The van der Waals surface area contributed by atoms with E-state index in [1.165, 1.54) is 11.0 Å². The second kappa shape index (κ2) is 8.07. The number of carbonyl (C=O) groups excluding carboxylic acids is 2. The fraction of sp³-hybridized carbons (Fsp3) is 0.389. The van der Waals surface area contributed by atoms with Crippen molar-refractivity contribution in [2.45, 2.75) is 26.4 Å². The molecule has 6 nitrogen and oxygen atoms in total. The van der Waals surface area contributed by atoms with Crippen LogP contribution in [-0.4, -0.2) is 39.4 Å². The minimum Gasteiger partial charge on any atom is -0.340 e. The van der Waals surface area contributed by atoms with E-state index in [0.717, 1.165) is 12.1 Å². The molecule has 0 aliphatic heterocycles. The number of aryl methyl sites for hydroxylation is 1. The summed E-state index contributed by atoms with van der Waals surface area (Å²) in [5.41, 5.74) is -0.697. The molecule has 1 unspecified atom stereocenters. The number of rotatable bonds is 6. The zero-order valence-corrected chi connectivity index (χ0v) is 15.2. The van der Waals surface area contributed by atoms with Crippen molar-refractivity contribution in [1.29, 1.82) is 0 Å². The monoisotopic (exact) mass is 364 g/mol. The normalized spacial score (nSPS) is 12.1. The third-order valence-corrected chi connectivity index (χ3v) is 4.08. The van der Waals surface area contributed by atoms with E-state index in [-0.39, 0.29) is 18.4 Å². The smallest absolute Gasteiger partial charge is 0.257 e. The van der Waals surface area contributed by atoms with Crippen LogP contribution < -0.4 is 5.32 Å². The summed E-state index contributed by atoms with van der Waals surface area (Å²) in [6.45, 7) is 3.74. The molecule has 1 N–H and O–H groups in total. The first kappa shape index (κ1) is 19.6. The first-order valence-corrected chi connectivity index (χ1v) is 8.18. The molecule has 0 spiro atoms. The summed E-state index contributed by atoms with van der Waals surface area (Å²) >= 11 is 0. The molecular weight excluding hydrogens is 342 g/mol. The minimum absolute atomic E-state index is 0.246. The van der Waals surface area contributed by atoms with E-state index >= 15 is 0 Å². The van der Waals surface area contributed by atoms with Crippen molar-refractivity contribution in [3.63, 3.8) is 0 Å². The summed E-state index contributed by atoms with van der Waals surface area (Å²) < 4.78 is 29.4. The maximum atomic E-state index is 13.8. The van der Waals surface area contributed by atoms with Crippen LogP contribution in [0.2, 0.25) is 0 Å². The Hall–Kier alpha value is -2.77. The molecule has 26 heavy (non-hydrogen) atoms. The van der Waals surface area contributed by atoms with Gasteiger partial charge in [0, 0.05) is 26.5 Å². The lowest BCUT2D eigenvalue weighted by molar-refractivity contribution is -0.133. The zero-order valence-electron chi connectivity index (χ0n) is 15.2. The molecule has 1 aromatic carbocycles. The third-order valence-electron chi connectivity index (χ3n) is 4.08. The Kier molecular flexibility index (Phi) is 6.07. The molecule has 0 radical (unpaired) electrons. The number of hydrogen-bond donors (Lipinski definition) is 1. The number of nitrogens with zero attached hydrogens (tertiary/aromatic N) is 3. The van der Waals surface area contributed by atoms with Gasteiger partial charge >= 0.3 is 0 Å². The number of amides is 2. The predicted molar refractivity (Wildman–Crippen MR) is 92.1 cm³/mol. The lowest BCUT2D eigenvalue weighted by Gasteiger charge is -2.27. The van der Waals surface area contributed by atoms with Gasteiger partial charge in [0.05, 0.1) is 6.54 Å². The van der Waals surface area contributed by atoms with E-state index < -0.39 is 29.1 Å². The fourth-order valence-electron chi connectivity index (χ4n) is 2.52. The van der Waals surface area contributed by atoms with E-state index in [2.05, 4.69) is 10.3 Å². The number of carbonyl (C=O) groups is 2. The molecule has 0 saturated heterocycles. The first-order chi connectivity index (χ1) is 12.2. The van der Waals surface area contributed by atoms with Gasteiger partial charge in [-0.2, -0.15) is 0 Å². The number of hydrogen-bond acceptors (Lipinski definition) is 3. The van der Waals surface area contributed by atoms with Gasteiger partial charge in [-0.1, -0.05) is 19.9 Å². The lowest BCUT2D eigenvalue weighted by atomic mass is 10.0. The molecule has 8 heteroatoms. The number of benzene rings is 1. The van der Waals surface area contributed by atoms with E-state index in [4.69, 9.17) is 0 Å². The third kappa shape index (κ3) is 4.25. The minimum atomic E-state index is -0.973. The number of imidazole rings is 1. The molecular formula is C18H22F2N4O2. The van der Waals surface area contributed by atoms with Crippen LogP contribution in [0.15, 0.2) is 30.6 Å². The number of aromatic nitrogens is 2. The quantitative estimate of drug-likeness (QED) is 0.854. The van der Waals surface area contributed by atoms with Gasteiger partial charge in [-0.3, -0.25) is 9.59 Å². The molecule has 2 aromatic rings. The van der Waals surface area contributed by atoms with Crippen molar-refractivity contribution in [3.05, 3.63) is 53.6 Å². The fourth-order valence-corrected chi connectivity index (χ4v) is 2.52. The average molecular weight is 364 g/mol. The van der Waals surface area contributed by atoms with Gasteiger partial charge in [0.2, 0.25) is 5.91 Å². The molecule has 1 aromatic heterocycles. The van der Waals surface area contributed by atoms with Gasteiger partial charge < -0.3 is 14.8 Å². The molecule has 0 aliphatic carbocycles. The van der Waals surface area contributed by atoms with Crippen LogP contribution in [0, 0.1) is 17.6 Å². The molecule has 0 fully saturated rings. The van der Waals surface area contributed by atoms with Crippen LogP contribution in [0.3, 0.4) is 0 Å². The molecule has 2 amide bonds. The van der Waals surface area contributed by atoms with Crippen molar-refractivity contribution in [3.8, 4) is 0 Å². The highest BCUT2D eigenvalue weighted by Crippen LogP contribution is 2.14. The summed E-state index contributed by atoms with van der Waals surface area (Å²) in [4.78, 5) is 30.6. The zero-order chi connectivity index (χ0) is 19.4. The largest absolute Gasteiger partial charge is 0.340 e. The van der Waals surface area contributed by atoms with E-state index in [0.29, 0.717) is 5.82 Å². The Balaban J connectivity index is 2.16. The van der Waals surface area contributed by atoms with Crippen molar-refractivity contribution < 1.29 is 18.4 Å². The van der Waals surface area contributed by atoms with E-state index in [1.54, 1.807) is 37.9 Å². The Bertz CT molecular complexity index is 784. The molecule has 1 atom stereocenters. The first-order valence-electron chi connectivity index (χ1n) is 8.18. The van der Waals surface area contributed by atoms with Crippen LogP contribution in [0.25, 0.3) is 0 Å². The van der Waals surface area contributed by atoms with Gasteiger partial charge in [-0.15, -0.1) is 0 Å². The topological polar surface area (TPSA) is 67.2 Å². The SMILES string of the molecule is CC(C)C(NC(=O)c1c(F)cccc1F)C(=O)N(C)Cc1nccn1C. The second-order valence-corrected chi connectivity index (χ2v) is 6.44. The Labute approximate surface area is 150 Å². The van der Waals surface area contributed by atoms with Gasteiger partial charge in [-0.05, 0) is 18.1 Å². The second-order valence-electron chi connectivity index (χ2n) is 6.44. The van der Waals surface area contributed by atoms with Gasteiger partial charge in [-0.25, -0.2) is 13.8 Å². The van der Waals surface area contributed by atoms with Crippen molar-refractivity contribution >= 4 is 11.8 Å². The van der Waals surface area contributed by atoms with Gasteiger partial charge in [0.15, 0.2) is 0 Å². The lowest BCUT2D eigenvalue weighted by Crippen LogP contribution is -2.50. The van der Waals surface area contributed by atoms with Crippen molar-refractivity contribution in [2.75, 3.05) is 7.05 Å². The molecule has 2 rings (SSSR count). The van der Waals surface area contributed by atoms with Crippen LogP contribution in [0.5, 0.6) is 0 Å². The van der Waals surface area contributed by atoms with E-state index in [9.17, 15) is 18.4 Å². The van der Waals surface area contributed by atoms with Gasteiger partial charge in [0.1, 0.15) is 29.1 Å². The van der Waals surface area contributed by atoms with Crippen molar-refractivity contribution in [1.82, 2.24) is 19.8 Å².